The van der Waals surface area contributed by atoms with Gasteiger partial charge in [-0.2, -0.15) is 9.13 Å². The lowest BCUT2D eigenvalue weighted by Crippen LogP contribution is -2.43. The third-order valence-electron chi connectivity index (χ3n) is 11.4. The molecule has 0 aliphatic carbocycles. The van der Waals surface area contributed by atoms with Crippen molar-refractivity contribution in [2.24, 2.45) is 19.5 Å². The van der Waals surface area contributed by atoms with E-state index < -0.39 is 0 Å². The van der Waals surface area contributed by atoms with Gasteiger partial charge in [0, 0.05) is 75.0 Å². The van der Waals surface area contributed by atoms with E-state index in [0.717, 1.165) is 17.6 Å². The van der Waals surface area contributed by atoms with Crippen LogP contribution in [0.2, 0.25) is 0 Å². The Kier molecular flexibility index (Phi) is 15.6. The minimum Gasteiger partial charge on any atom is -0.374 e. The summed E-state index contributed by atoms with van der Waals surface area (Å²) in [7, 11) is 17.7. The predicted octanol–water partition coefficient (Wildman–Crippen LogP) is 11.7. The summed E-state index contributed by atoms with van der Waals surface area (Å²) < 4.78 is 8.29. The summed E-state index contributed by atoms with van der Waals surface area (Å²) >= 11 is 3.69. The maximum Gasteiger partial charge on any atom is 0.262 e. The number of anilines is 2. The van der Waals surface area contributed by atoms with Gasteiger partial charge in [-0.05, 0) is 72.2 Å². The Bertz CT molecular complexity index is 2140. The van der Waals surface area contributed by atoms with E-state index in [-0.39, 0.29) is 0 Å². The van der Waals surface area contributed by atoms with Gasteiger partial charge in [0.05, 0.1) is 32.9 Å². The molecule has 0 fully saturated rings. The van der Waals surface area contributed by atoms with E-state index >= 15 is 0 Å². The first-order chi connectivity index (χ1) is 27.9. The molecule has 2 aromatic heterocycles. The molecule has 0 aliphatic heterocycles. The molecule has 6 aromatic rings. The number of aryl methyl sites for hydroxylation is 2. The van der Waals surface area contributed by atoms with Crippen molar-refractivity contribution in [3.05, 3.63) is 118 Å². The first kappa shape index (κ1) is 44.0. The number of para-hydroxylation sites is 4. The molecule has 0 spiro atoms. The summed E-state index contributed by atoms with van der Waals surface area (Å²) in [4.78, 5) is 4.87. The van der Waals surface area contributed by atoms with Crippen molar-refractivity contribution in [3.63, 3.8) is 0 Å². The number of aromatic nitrogens is 2. The summed E-state index contributed by atoms with van der Waals surface area (Å²) in [6.45, 7) is 9.39. The highest BCUT2D eigenvalue weighted by Gasteiger charge is 2.20. The second-order valence-electron chi connectivity index (χ2n) is 17.0. The summed E-state index contributed by atoms with van der Waals surface area (Å²) in [6, 6.07) is 34.9. The van der Waals surface area contributed by atoms with E-state index in [0.29, 0.717) is 5.41 Å². The quantitative estimate of drug-likeness (QED) is 0.0310. The number of fused-ring (bicyclic) bond motifs is 2. The Morgan fingerprint density at radius 1 is 0.586 bits per heavy atom. The largest absolute Gasteiger partial charge is 0.374 e. The van der Waals surface area contributed by atoms with Crippen molar-refractivity contribution in [1.82, 2.24) is 0 Å². The molecule has 306 valence electrons. The van der Waals surface area contributed by atoms with Gasteiger partial charge in [0.1, 0.15) is 23.5 Å². The monoisotopic (exact) mass is 850 g/mol. The van der Waals surface area contributed by atoms with Crippen molar-refractivity contribution in [2.75, 3.05) is 75.7 Å². The van der Waals surface area contributed by atoms with Crippen molar-refractivity contribution in [3.8, 4) is 0 Å². The van der Waals surface area contributed by atoms with Crippen LogP contribution in [0.3, 0.4) is 0 Å². The lowest BCUT2D eigenvalue weighted by atomic mass is 9.85. The first-order valence-corrected chi connectivity index (χ1v) is 24.8. The topological polar surface area (TPSA) is 14.2 Å². The fourth-order valence-electron chi connectivity index (χ4n) is 7.54. The second kappa shape index (κ2) is 20.6. The van der Waals surface area contributed by atoms with Crippen LogP contribution in [0.4, 0.5) is 11.4 Å². The third kappa shape index (κ3) is 12.0. The highest BCUT2D eigenvalue weighted by Crippen LogP contribution is 2.33. The Hall–Kier alpha value is -3.60. The van der Waals surface area contributed by atoms with Gasteiger partial charge in [-0.1, -0.05) is 119 Å². The zero-order valence-corrected chi connectivity index (χ0v) is 39.3. The van der Waals surface area contributed by atoms with Crippen LogP contribution in [0.15, 0.2) is 97.1 Å². The maximum absolute atomic E-state index is 2.46. The van der Waals surface area contributed by atoms with Gasteiger partial charge < -0.3 is 14.3 Å². The molecule has 0 unspecified atom stereocenters. The molecule has 0 bridgehead atoms. The van der Waals surface area contributed by atoms with E-state index in [4.69, 9.17) is 0 Å². The fourth-order valence-corrected chi connectivity index (χ4v) is 12.3. The Labute approximate surface area is 364 Å². The van der Waals surface area contributed by atoms with Crippen molar-refractivity contribution in [1.29, 1.82) is 0 Å². The van der Waals surface area contributed by atoms with Crippen LogP contribution in [0.25, 0.3) is 44.7 Å². The number of benzene rings is 4. The fraction of sp³-hybridized carbons (Fsp3) is 0.388. The van der Waals surface area contributed by atoms with Gasteiger partial charge in [-0.3, -0.25) is 0 Å². The molecule has 5 nitrogen and oxygen atoms in total. The zero-order chi connectivity index (χ0) is 41.1. The molecule has 0 saturated heterocycles. The zero-order valence-electron chi connectivity index (χ0n) is 36.0. The number of hydrogen-bond donors (Lipinski definition) is 0. The highest BCUT2D eigenvalue weighted by molar-refractivity contribution is 8.76. The minimum atomic E-state index is 0.343. The summed E-state index contributed by atoms with van der Waals surface area (Å²) in [5.74, 6) is 2.40. The van der Waals surface area contributed by atoms with Gasteiger partial charge in [0.15, 0.2) is 0 Å². The molecule has 0 amide bonds. The first-order valence-electron chi connectivity index (χ1n) is 20.7. The Morgan fingerprint density at radius 2 is 1.05 bits per heavy atom. The van der Waals surface area contributed by atoms with Crippen molar-refractivity contribution < 1.29 is 13.6 Å². The Morgan fingerprint density at radius 3 is 1.59 bits per heavy atom. The third-order valence-corrected chi connectivity index (χ3v) is 16.1. The number of hydrogen-bond acceptors (Lipinski definition) is 6. The molecule has 0 atom stereocenters. The molecular weight excluding hydrogens is 787 g/mol. The van der Waals surface area contributed by atoms with Crippen LogP contribution in [-0.4, -0.2) is 70.4 Å². The maximum atomic E-state index is 2.46. The summed E-state index contributed by atoms with van der Waals surface area (Å²) in [5, 5.41) is 2.52. The van der Waals surface area contributed by atoms with Crippen LogP contribution in [0.1, 0.15) is 60.7 Å². The second-order valence-corrected chi connectivity index (χ2v) is 21.8. The molecule has 58 heavy (non-hydrogen) atoms. The van der Waals surface area contributed by atoms with Crippen LogP contribution in [0.5, 0.6) is 0 Å². The van der Waals surface area contributed by atoms with Crippen LogP contribution in [-0.2, 0) is 14.1 Å². The van der Waals surface area contributed by atoms with Gasteiger partial charge in [0.2, 0.25) is 11.0 Å². The molecule has 4 aromatic carbocycles. The lowest BCUT2D eigenvalue weighted by Gasteiger charge is -2.31. The normalized spacial score (nSPS) is 12.5. The molecular formula is C49H64N5S4+3. The SMILES string of the molecule is CN(CCCC(C)(C)CCSSCC[N+](C)(C)CCCN(C)c1ccccc1/C=C/c1sc2ccccc2[n+]1C)c1ccccc1/C=C/c1sc2ccccc2[n+]1C. The van der Waals surface area contributed by atoms with E-state index in [1.165, 1.54) is 103 Å². The number of quaternary nitrogens is 1. The molecule has 0 N–H and O–H groups in total. The smallest absolute Gasteiger partial charge is 0.262 e. The molecule has 0 saturated carbocycles. The van der Waals surface area contributed by atoms with Gasteiger partial charge in [-0.25, -0.2) is 0 Å². The standard InChI is InChI=1S/C49H64N5S4/c1-49(2,31-17-33-50(3)41-21-11-9-19-39(41)27-29-47-52(5)43-23-13-15-25-45(43)57-47)32-37-55-56-38-36-54(7,8)35-18-34-51(4)42-22-12-10-20-40(42)28-30-48-53(6)44-24-14-16-26-46(44)58-48/h9-16,19-30H,17-18,31-38H2,1-8H3/q+3. The number of thiazole rings is 2. The molecule has 6 rings (SSSR count). The Balaban J connectivity index is 0.870. The number of nitrogens with zero attached hydrogens (tertiary/aromatic N) is 5. The average Bonchev–Trinajstić information content (AvgIpc) is 3.72. The number of rotatable bonds is 21. The predicted molar refractivity (Wildman–Crippen MR) is 262 cm³/mol. The molecule has 0 aliphatic rings. The summed E-state index contributed by atoms with van der Waals surface area (Å²) in [6.07, 6.45) is 13.9. The average molecular weight is 851 g/mol. The van der Waals surface area contributed by atoms with Gasteiger partial charge in [-0.15, -0.1) is 0 Å². The van der Waals surface area contributed by atoms with Crippen molar-refractivity contribution >= 4 is 100 Å². The highest BCUT2D eigenvalue weighted by atomic mass is 33.1. The van der Waals surface area contributed by atoms with E-state index in [9.17, 15) is 0 Å². The molecule has 2 heterocycles. The minimum absolute atomic E-state index is 0.343. The van der Waals surface area contributed by atoms with Crippen molar-refractivity contribution in [2.45, 2.75) is 39.5 Å². The van der Waals surface area contributed by atoms with Crippen LogP contribution >= 0.6 is 44.3 Å². The molecule has 9 heteroatoms. The van der Waals surface area contributed by atoms with Gasteiger partial charge >= 0.3 is 0 Å². The van der Waals surface area contributed by atoms with E-state index in [1.54, 1.807) is 0 Å². The van der Waals surface area contributed by atoms with Crippen LogP contribution < -0.4 is 18.9 Å². The van der Waals surface area contributed by atoms with E-state index in [2.05, 4.69) is 218 Å². The summed E-state index contributed by atoms with van der Waals surface area (Å²) in [5.41, 5.74) is 8.04. The van der Waals surface area contributed by atoms with Gasteiger partial charge in [0.25, 0.3) is 10.0 Å². The van der Waals surface area contributed by atoms with E-state index in [1.807, 2.05) is 22.7 Å². The lowest BCUT2D eigenvalue weighted by molar-refractivity contribution is -0.887. The molecule has 0 radical (unpaired) electrons. The van der Waals surface area contributed by atoms with Crippen LogP contribution in [0, 0.1) is 5.41 Å².